The van der Waals surface area contributed by atoms with Gasteiger partial charge >= 0.3 is 5.97 Å². The Bertz CT molecular complexity index is 331. The Morgan fingerprint density at radius 3 is 2.64 bits per heavy atom. The number of hydrogen-bond acceptors (Lipinski definition) is 2. The van der Waals surface area contributed by atoms with Crippen LogP contribution in [0.2, 0.25) is 0 Å². The van der Waals surface area contributed by atoms with Gasteiger partial charge in [0.25, 0.3) is 0 Å². The predicted octanol–water partition coefficient (Wildman–Crippen LogP) is 2.35. The maximum absolute atomic E-state index is 10.7. The molecule has 3 heteroatoms. The second-order valence-corrected chi connectivity index (χ2v) is 2.91. The van der Waals surface area contributed by atoms with Crippen LogP contribution in [0.25, 0.3) is 0 Å². The number of carboxylic acid groups (broad SMARTS) is 1. The molecule has 0 aliphatic carbocycles. The van der Waals surface area contributed by atoms with E-state index in [-0.39, 0.29) is 5.56 Å². The minimum Gasteiger partial charge on any atom is -0.494 e. The fraction of sp³-hybridized carbons (Fsp3) is 0.364. The highest BCUT2D eigenvalue weighted by Crippen LogP contribution is 2.21. The molecule has 14 heavy (non-hydrogen) atoms. The molecule has 0 bridgehead atoms. The van der Waals surface area contributed by atoms with E-state index in [2.05, 4.69) is 0 Å². The number of benzene rings is 1. The lowest BCUT2D eigenvalue weighted by Gasteiger charge is -2.09. The average molecular weight is 194 g/mol. The molecule has 0 atom stereocenters. The number of aryl methyl sites for hydroxylation is 1. The maximum Gasteiger partial charge on any atom is 0.335 e. The van der Waals surface area contributed by atoms with Crippen LogP contribution >= 0.6 is 0 Å². The summed E-state index contributed by atoms with van der Waals surface area (Å²) in [6, 6.07) is 4.97. The lowest BCUT2D eigenvalue weighted by atomic mass is 10.1. The molecule has 1 aromatic carbocycles. The summed E-state index contributed by atoms with van der Waals surface area (Å²) in [6.45, 7) is 4.45. The van der Waals surface area contributed by atoms with Crippen LogP contribution in [0.15, 0.2) is 18.2 Å². The van der Waals surface area contributed by atoms with E-state index in [4.69, 9.17) is 9.84 Å². The zero-order valence-electron chi connectivity index (χ0n) is 8.41. The first-order valence-corrected chi connectivity index (χ1v) is 4.68. The third-order valence-electron chi connectivity index (χ3n) is 1.99. The van der Waals surface area contributed by atoms with Crippen LogP contribution in [0, 0.1) is 0 Å². The van der Waals surface area contributed by atoms with Crippen LogP contribution in [0.3, 0.4) is 0 Å². The number of rotatable bonds is 4. The third kappa shape index (κ3) is 2.25. The Labute approximate surface area is 83.3 Å². The minimum atomic E-state index is -0.923. The van der Waals surface area contributed by atoms with Gasteiger partial charge in [0.2, 0.25) is 0 Å². The van der Waals surface area contributed by atoms with Gasteiger partial charge in [-0.25, -0.2) is 4.79 Å². The Morgan fingerprint density at radius 1 is 1.43 bits per heavy atom. The number of aromatic carboxylic acids is 1. The Kier molecular flexibility index (Phi) is 3.51. The largest absolute Gasteiger partial charge is 0.494 e. The monoisotopic (exact) mass is 194 g/mol. The minimum absolute atomic E-state index is 0.269. The van der Waals surface area contributed by atoms with Crippen LogP contribution in [0.1, 0.15) is 29.8 Å². The molecule has 0 fully saturated rings. The smallest absolute Gasteiger partial charge is 0.335 e. The van der Waals surface area contributed by atoms with Crippen LogP contribution in [-0.2, 0) is 6.42 Å². The molecule has 76 valence electrons. The lowest BCUT2D eigenvalue weighted by molar-refractivity contribution is 0.0696. The SMILES string of the molecule is CCOc1cc(C(=O)O)ccc1CC. The molecule has 0 aliphatic rings. The first kappa shape index (κ1) is 10.6. The molecular weight excluding hydrogens is 180 g/mol. The normalized spacial score (nSPS) is 9.86. The van der Waals surface area contributed by atoms with Gasteiger partial charge < -0.3 is 9.84 Å². The highest BCUT2D eigenvalue weighted by Gasteiger charge is 2.07. The van der Waals surface area contributed by atoms with Crippen molar-refractivity contribution in [3.05, 3.63) is 29.3 Å². The van der Waals surface area contributed by atoms with Crippen molar-refractivity contribution in [1.82, 2.24) is 0 Å². The predicted molar refractivity (Wildman–Crippen MR) is 53.9 cm³/mol. The van der Waals surface area contributed by atoms with E-state index in [0.717, 1.165) is 12.0 Å². The van der Waals surface area contributed by atoms with Crippen molar-refractivity contribution in [2.24, 2.45) is 0 Å². The van der Waals surface area contributed by atoms with E-state index < -0.39 is 5.97 Å². The van der Waals surface area contributed by atoms with Gasteiger partial charge in [-0.1, -0.05) is 13.0 Å². The van der Waals surface area contributed by atoms with Gasteiger partial charge in [-0.3, -0.25) is 0 Å². The summed E-state index contributed by atoms with van der Waals surface area (Å²) in [5.74, 6) is -0.247. The first-order chi connectivity index (χ1) is 6.69. The number of carboxylic acids is 1. The molecule has 3 nitrogen and oxygen atoms in total. The first-order valence-electron chi connectivity index (χ1n) is 4.68. The van der Waals surface area contributed by atoms with Crippen molar-refractivity contribution in [2.45, 2.75) is 20.3 Å². The molecule has 0 spiro atoms. The summed E-state index contributed by atoms with van der Waals surface area (Å²) < 4.78 is 5.36. The molecule has 0 amide bonds. The molecule has 0 heterocycles. The quantitative estimate of drug-likeness (QED) is 0.800. The fourth-order valence-corrected chi connectivity index (χ4v) is 1.27. The molecule has 0 unspecified atom stereocenters. The number of carbonyl (C=O) groups is 1. The van der Waals surface area contributed by atoms with E-state index in [1.54, 1.807) is 18.2 Å². The van der Waals surface area contributed by atoms with Crippen LogP contribution in [0.5, 0.6) is 5.75 Å². The van der Waals surface area contributed by atoms with E-state index in [9.17, 15) is 4.79 Å². The topological polar surface area (TPSA) is 46.5 Å². The summed E-state index contributed by atoms with van der Waals surface area (Å²) in [5, 5.41) is 8.79. The van der Waals surface area contributed by atoms with Gasteiger partial charge in [0.05, 0.1) is 12.2 Å². The molecular formula is C11H14O3. The summed E-state index contributed by atoms with van der Waals surface area (Å²) in [4.78, 5) is 10.7. The van der Waals surface area contributed by atoms with Crippen molar-refractivity contribution in [2.75, 3.05) is 6.61 Å². The summed E-state index contributed by atoms with van der Waals surface area (Å²) in [6.07, 6.45) is 0.842. The van der Waals surface area contributed by atoms with Crippen LogP contribution in [0.4, 0.5) is 0 Å². The Balaban J connectivity index is 3.07. The van der Waals surface area contributed by atoms with Gasteiger partial charge in [-0.2, -0.15) is 0 Å². The summed E-state index contributed by atoms with van der Waals surface area (Å²) in [7, 11) is 0. The van der Waals surface area contributed by atoms with E-state index in [0.29, 0.717) is 12.4 Å². The molecule has 0 saturated carbocycles. The zero-order valence-corrected chi connectivity index (χ0v) is 8.41. The molecule has 0 aliphatic heterocycles. The van der Waals surface area contributed by atoms with Gasteiger partial charge in [0, 0.05) is 0 Å². The highest BCUT2D eigenvalue weighted by atomic mass is 16.5. The Hall–Kier alpha value is -1.51. The summed E-state index contributed by atoms with van der Waals surface area (Å²) in [5.41, 5.74) is 1.31. The van der Waals surface area contributed by atoms with E-state index >= 15 is 0 Å². The van der Waals surface area contributed by atoms with Crippen molar-refractivity contribution in [3.8, 4) is 5.75 Å². The molecule has 1 aromatic rings. The number of hydrogen-bond donors (Lipinski definition) is 1. The van der Waals surface area contributed by atoms with Gasteiger partial charge in [0.1, 0.15) is 5.75 Å². The second kappa shape index (κ2) is 4.65. The van der Waals surface area contributed by atoms with Gasteiger partial charge in [-0.15, -0.1) is 0 Å². The van der Waals surface area contributed by atoms with Gasteiger partial charge in [0.15, 0.2) is 0 Å². The van der Waals surface area contributed by atoms with Crippen LogP contribution < -0.4 is 4.74 Å². The van der Waals surface area contributed by atoms with E-state index in [1.165, 1.54) is 0 Å². The summed E-state index contributed by atoms with van der Waals surface area (Å²) >= 11 is 0. The van der Waals surface area contributed by atoms with Gasteiger partial charge in [-0.05, 0) is 31.0 Å². The molecule has 0 saturated heterocycles. The van der Waals surface area contributed by atoms with Crippen molar-refractivity contribution >= 4 is 5.97 Å². The van der Waals surface area contributed by atoms with Crippen LogP contribution in [-0.4, -0.2) is 17.7 Å². The Morgan fingerprint density at radius 2 is 2.14 bits per heavy atom. The molecule has 1 rings (SSSR count). The fourth-order valence-electron chi connectivity index (χ4n) is 1.27. The lowest BCUT2D eigenvalue weighted by Crippen LogP contribution is -2.01. The zero-order chi connectivity index (χ0) is 10.6. The number of ether oxygens (including phenoxy) is 1. The molecule has 1 N–H and O–H groups in total. The van der Waals surface area contributed by atoms with Crippen molar-refractivity contribution in [1.29, 1.82) is 0 Å². The van der Waals surface area contributed by atoms with Crippen molar-refractivity contribution < 1.29 is 14.6 Å². The highest BCUT2D eigenvalue weighted by molar-refractivity contribution is 5.88. The van der Waals surface area contributed by atoms with Crippen molar-refractivity contribution in [3.63, 3.8) is 0 Å². The maximum atomic E-state index is 10.7. The average Bonchev–Trinajstić information content (AvgIpc) is 2.18. The standard InChI is InChI=1S/C11H14O3/c1-3-8-5-6-9(11(12)13)7-10(8)14-4-2/h5-7H,3-4H2,1-2H3,(H,12,13). The second-order valence-electron chi connectivity index (χ2n) is 2.91. The third-order valence-corrected chi connectivity index (χ3v) is 1.99. The molecule has 0 radical (unpaired) electrons. The molecule has 0 aromatic heterocycles. The van der Waals surface area contributed by atoms with E-state index in [1.807, 2.05) is 13.8 Å².